The predicted octanol–water partition coefficient (Wildman–Crippen LogP) is 3.65. The summed E-state index contributed by atoms with van der Waals surface area (Å²) in [5.41, 5.74) is 7.98. The zero-order chi connectivity index (χ0) is 23.2. The van der Waals surface area contributed by atoms with Gasteiger partial charge >= 0.3 is 6.61 Å². The normalized spacial score (nSPS) is 18.1. The van der Waals surface area contributed by atoms with E-state index >= 15 is 0 Å². The zero-order valence-corrected chi connectivity index (χ0v) is 17.7. The van der Waals surface area contributed by atoms with Crippen molar-refractivity contribution in [2.45, 2.75) is 44.6 Å². The molecule has 1 aromatic carbocycles. The van der Waals surface area contributed by atoms with Gasteiger partial charge < -0.3 is 20.5 Å². The summed E-state index contributed by atoms with van der Waals surface area (Å²) < 4.78 is 51.1. The van der Waals surface area contributed by atoms with Crippen molar-refractivity contribution < 1.29 is 27.4 Å². The number of nitrogens with one attached hydrogen (secondary N) is 1. The number of aromatic nitrogens is 2. The number of carbonyl (C=O) groups is 1. The lowest BCUT2D eigenvalue weighted by atomic mass is 9.97. The van der Waals surface area contributed by atoms with Gasteiger partial charge in [-0.1, -0.05) is 6.07 Å². The number of hydrogen-bond donors (Lipinski definition) is 2. The number of ether oxygens (including phenoxy) is 2. The second-order valence-corrected chi connectivity index (χ2v) is 8.29. The number of fused-ring (bicyclic) bond motifs is 1. The minimum absolute atomic E-state index is 0.0192. The third kappa shape index (κ3) is 4.22. The summed E-state index contributed by atoms with van der Waals surface area (Å²) in [5.74, 6) is -1.10. The summed E-state index contributed by atoms with van der Waals surface area (Å²) >= 11 is 0. The van der Waals surface area contributed by atoms with Crippen LogP contribution in [-0.4, -0.2) is 41.5 Å². The zero-order valence-electron chi connectivity index (χ0n) is 17.7. The highest BCUT2D eigenvalue weighted by Gasteiger charge is 2.40. The summed E-state index contributed by atoms with van der Waals surface area (Å²) in [6, 6.07) is 5.89. The van der Waals surface area contributed by atoms with E-state index < -0.39 is 30.3 Å². The van der Waals surface area contributed by atoms with Crippen LogP contribution < -0.4 is 20.5 Å². The molecule has 7 nitrogen and oxygen atoms in total. The average molecular weight is 448 g/mol. The van der Waals surface area contributed by atoms with E-state index in [1.165, 1.54) is 19.2 Å². The Morgan fingerprint density at radius 3 is 2.59 bits per heavy atom. The number of hydrogen-bond acceptors (Lipinski definition) is 5. The minimum Gasteiger partial charge on any atom is -0.496 e. The highest BCUT2D eigenvalue weighted by Crippen LogP contribution is 2.38. The van der Waals surface area contributed by atoms with Crippen molar-refractivity contribution >= 4 is 11.4 Å². The molecule has 0 bridgehead atoms. The van der Waals surface area contributed by atoms with Gasteiger partial charge in [0.25, 0.3) is 5.91 Å². The van der Waals surface area contributed by atoms with Gasteiger partial charge in [-0.2, -0.15) is 13.9 Å². The van der Waals surface area contributed by atoms with Crippen LogP contribution in [-0.2, 0) is 5.54 Å². The fourth-order valence-electron chi connectivity index (χ4n) is 3.46. The Balaban J connectivity index is 1.80. The Hall–Kier alpha value is -3.27. The number of carbonyl (C=O) groups excluding carboxylic acids is 1. The summed E-state index contributed by atoms with van der Waals surface area (Å²) in [7, 11) is 1.31. The Morgan fingerprint density at radius 1 is 1.31 bits per heavy atom. The van der Waals surface area contributed by atoms with Gasteiger partial charge in [0.1, 0.15) is 23.2 Å². The number of benzene rings is 1. The lowest BCUT2D eigenvalue weighted by Crippen LogP contribution is -2.28. The fraction of sp³-hybridized carbons (Fsp3) is 0.364. The van der Waals surface area contributed by atoms with Gasteiger partial charge in [-0.05, 0) is 43.2 Å². The quantitative estimate of drug-likeness (QED) is 0.576. The molecule has 0 unspecified atom stereocenters. The number of methoxy groups -OCH3 is 1. The Morgan fingerprint density at radius 2 is 2.00 bits per heavy atom. The van der Waals surface area contributed by atoms with Crippen LogP contribution in [0.2, 0.25) is 0 Å². The molecule has 4 rings (SSSR count). The number of rotatable bonds is 7. The fourth-order valence-corrected chi connectivity index (χ4v) is 3.46. The molecule has 3 N–H and O–H groups in total. The topological polar surface area (TPSA) is 90.9 Å². The van der Waals surface area contributed by atoms with E-state index in [1.54, 1.807) is 16.9 Å². The smallest absolute Gasteiger partial charge is 0.387 e. The van der Waals surface area contributed by atoms with Crippen LogP contribution in [0.25, 0.3) is 16.6 Å². The predicted molar refractivity (Wildman–Crippen MR) is 112 cm³/mol. The second-order valence-electron chi connectivity index (χ2n) is 8.29. The van der Waals surface area contributed by atoms with E-state index in [0.717, 1.165) is 5.56 Å². The summed E-state index contributed by atoms with van der Waals surface area (Å²) in [5, 5.41) is 6.80. The largest absolute Gasteiger partial charge is 0.496 e. The van der Waals surface area contributed by atoms with E-state index in [9.17, 15) is 18.0 Å². The molecule has 1 aliphatic rings. The maximum atomic E-state index is 13.2. The number of nitrogens with two attached hydrogens (primary N) is 1. The Kier molecular flexibility index (Phi) is 5.49. The maximum Gasteiger partial charge on any atom is 0.387 e. The first-order valence-corrected chi connectivity index (χ1v) is 9.97. The van der Waals surface area contributed by atoms with Crippen molar-refractivity contribution in [3.8, 4) is 22.6 Å². The van der Waals surface area contributed by atoms with Gasteiger partial charge in [-0.15, -0.1) is 0 Å². The molecule has 1 amide bonds. The minimum atomic E-state index is -3.17. The molecule has 170 valence electrons. The molecule has 3 aromatic rings. The molecule has 2 atom stereocenters. The molecule has 10 heteroatoms. The van der Waals surface area contributed by atoms with Crippen molar-refractivity contribution in [1.29, 1.82) is 0 Å². The number of nitrogens with zero attached hydrogens (tertiary/aromatic N) is 2. The van der Waals surface area contributed by atoms with Gasteiger partial charge in [0.15, 0.2) is 0 Å². The van der Waals surface area contributed by atoms with E-state index in [4.69, 9.17) is 10.5 Å². The van der Waals surface area contributed by atoms with Crippen LogP contribution in [0.5, 0.6) is 11.5 Å². The van der Waals surface area contributed by atoms with Gasteiger partial charge in [-0.3, -0.25) is 4.79 Å². The standard InChI is InChI=1S/C22H23F3N4O3/c1-22(2,26)12-4-5-16-13(9-27-29(16)10-12)11-6-17(31-3)19(18(7-11)32-21(24)25)20(30)28-15-8-14(15)23/h4-7,9-10,14-15,21H,8,26H2,1-3H3,(H,28,30)/t14-,15+/m0/s1. The van der Waals surface area contributed by atoms with Crippen LogP contribution in [0, 0.1) is 0 Å². The highest BCUT2D eigenvalue weighted by molar-refractivity contribution is 6.01. The second kappa shape index (κ2) is 8.01. The van der Waals surface area contributed by atoms with E-state index in [0.29, 0.717) is 16.6 Å². The van der Waals surface area contributed by atoms with Crippen molar-refractivity contribution in [2.24, 2.45) is 5.73 Å². The number of alkyl halides is 3. The van der Waals surface area contributed by atoms with Crippen LogP contribution in [0.3, 0.4) is 0 Å². The Bertz CT molecular complexity index is 1170. The van der Waals surface area contributed by atoms with Gasteiger partial charge in [-0.25, -0.2) is 8.91 Å². The summed E-state index contributed by atoms with van der Waals surface area (Å²) in [6.45, 7) is 0.566. The van der Waals surface area contributed by atoms with E-state index in [2.05, 4.69) is 15.2 Å². The highest BCUT2D eigenvalue weighted by atomic mass is 19.3. The SMILES string of the molecule is COc1cc(-c2cnn3cc(C(C)(C)N)ccc23)cc(OC(F)F)c1C(=O)N[C@@H]1C[C@@H]1F. The molecule has 0 radical (unpaired) electrons. The van der Waals surface area contributed by atoms with Gasteiger partial charge in [0.05, 0.1) is 24.9 Å². The van der Waals surface area contributed by atoms with Crippen molar-refractivity contribution in [3.05, 3.63) is 47.8 Å². The first-order chi connectivity index (χ1) is 15.1. The molecular weight excluding hydrogens is 425 g/mol. The molecule has 32 heavy (non-hydrogen) atoms. The summed E-state index contributed by atoms with van der Waals surface area (Å²) in [4.78, 5) is 12.7. The number of halogens is 3. The maximum absolute atomic E-state index is 13.2. The lowest BCUT2D eigenvalue weighted by Gasteiger charge is -2.19. The molecule has 0 saturated heterocycles. The van der Waals surface area contributed by atoms with E-state index in [1.807, 2.05) is 26.0 Å². The Labute approximate surface area is 182 Å². The average Bonchev–Trinajstić information content (AvgIpc) is 3.23. The molecule has 0 spiro atoms. The number of amides is 1. The van der Waals surface area contributed by atoms with Crippen LogP contribution >= 0.6 is 0 Å². The van der Waals surface area contributed by atoms with Crippen LogP contribution in [0.1, 0.15) is 36.2 Å². The van der Waals surface area contributed by atoms with Crippen LogP contribution in [0.15, 0.2) is 36.7 Å². The van der Waals surface area contributed by atoms with Crippen molar-refractivity contribution in [1.82, 2.24) is 14.9 Å². The van der Waals surface area contributed by atoms with Crippen molar-refractivity contribution in [3.63, 3.8) is 0 Å². The lowest BCUT2D eigenvalue weighted by molar-refractivity contribution is -0.0502. The molecule has 1 fully saturated rings. The van der Waals surface area contributed by atoms with Gasteiger partial charge in [0, 0.05) is 23.7 Å². The third-order valence-electron chi connectivity index (χ3n) is 5.33. The van der Waals surface area contributed by atoms with E-state index in [-0.39, 0.29) is 23.5 Å². The van der Waals surface area contributed by atoms with Crippen LogP contribution in [0.4, 0.5) is 13.2 Å². The monoisotopic (exact) mass is 448 g/mol. The molecule has 2 heterocycles. The molecule has 0 aliphatic heterocycles. The van der Waals surface area contributed by atoms with Gasteiger partial charge in [0.2, 0.25) is 0 Å². The summed E-state index contributed by atoms with van der Waals surface area (Å²) in [6.07, 6.45) is 2.39. The molecule has 1 saturated carbocycles. The first-order valence-electron chi connectivity index (χ1n) is 9.97. The third-order valence-corrected chi connectivity index (χ3v) is 5.33. The first kappa shape index (κ1) is 21.9. The molecular formula is C22H23F3N4O3. The van der Waals surface area contributed by atoms with Crippen molar-refractivity contribution in [2.75, 3.05) is 7.11 Å². The molecule has 2 aromatic heterocycles. The molecule has 1 aliphatic carbocycles. The number of pyridine rings is 1.